The van der Waals surface area contributed by atoms with Gasteiger partial charge in [0, 0.05) is 18.7 Å². The zero-order valence-electron chi connectivity index (χ0n) is 20.1. The Morgan fingerprint density at radius 2 is 1.89 bits per heavy atom. The summed E-state index contributed by atoms with van der Waals surface area (Å²) in [6, 6.07) is 13.3. The second-order valence-corrected chi connectivity index (χ2v) is 11.8. The van der Waals surface area contributed by atoms with Crippen LogP contribution in [0.4, 0.5) is 9.52 Å². The van der Waals surface area contributed by atoms with Crippen molar-refractivity contribution >= 4 is 48.8 Å². The van der Waals surface area contributed by atoms with Gasteiger partial charge in [-0.2, -0.15) is 14.4 Å². The van der Waals surface area contributed by atoms with Crippen LogP contribution in [0.3, 0.4) is 0 Å². The number of carbonyl (C=O) groups excluding carboxylic acids is 1. The second kappa shape index (κ2) is 10.5. The van der Waals surface area contributed by atoms with E-state index in [4.69, 9.17) is 4.42 Å². The minimum Gasteiger partial charge on any atom is -0.463 e. The summed E-state index contributed by atoms with van der Waals surface area (Å²) in [4.78, 5) is 18.1. The minimum absolute atomic E-state index is 0.0182. The van der Waals surface area contributed by atoms with Crippen LogP contribution in [0.2, 0.25) is 0 Å². The number of anilines is 1. The van der Waals surface area contributed by atoms with Gasteiger partial charge in [0.15, 0.2) is 0 Å². The molecular formula is C26H25FN4O4S2. The Morgan fingerprint density at radius 1 is 1.14 bits per heavy atom. The Kier molecular flexibility index (Phi) is 7.18. The van der Waals surface area contributed by atoms with E-state index < -0.39 is 21.7 Å². The fourth-order valence-electron chi connectivity index (χ4n) is 4.34. The van der Waals surface area contributed by atoms with E-state index >= 15 is 0 Å². The van der Waals surface area contributed by atoms with E-state index in [1.165, 1.54) is 59.2 Å². The number of hydrogen-bond acceptors (Lipinski definition) is 7. The zero-order valence-corrected chi connectivity index (χ0v) is 21.7. The van der Waals surface area contributed by atoms with Crippen LogP contribution in [0.1, 0.15) is 48.2 Å². The number of carbonyl (C=O) groups is 1. The first kappa shape index (κ1) is 25.2. The van der Waals surface area contributed by atoms with Gasteiger partial charge in [-0.1, -0.05) is 30.6 Å². The third-order valence-corrected chi connectivity index (χ3v) is 9.34. The molecule has 0 atom stereocenters. The molecule has 192 valence electrons. The largest absolute Gasteiger partial charge is 0.463 e. The Hall–Kier alpha value is -3.41. The van der Waals surface area contributed by atoms with Gasteiger partial charge in [0.2, 0.25) is 15.2 Å². The summed E-state index contributed by atoms with van der Waals surface area (Å²) in [5.41, 5.74) is 0.751. The van der Waals surface area contributed by atoms with E-state index in [1.807, 2.05) is 0 Å². The molecule has 0 unspecified atom stereocenters. The van der Waals surface area contributed by atoms with Crippen LogP contribution < -0.4 is 5.01 Å². The molecule has 1 aliphatic carbocycles. The Balaban J connectivity index is 1.44. The summed E-state index contributed by atoms with van der Waals surface area (Å²) in [6.45, 7) is 0. The molecule has 1 saturated carbocycles. The molecule has 1 aliphatic rings. The van der Waals surface area contributed by atoms with Gasteiger partial charge in [0.1, 0.15) is 11.6 Å². The van der Waals surface area contributed by atoms with Crippen molar-refractivity contribution in [3.8, 4) is 0 Å². The molecule has 8 nitrogen and oxygen atoms in total. The molecule has 2 heterocycles. The Bertz CT molecular complexity index is 1530. The highest BCUT2D eigenvalue weighted by Gasteiger charge is 2.29. The highest BCUT2D eigenvalue weighted by atomic mass is 32.2. The van der Waals surface area contributed by atoms with Gasteiger partial charge in [-0.3, -0.25) is 4.79 Å². The van der Waals surface area contributed by atoms with E-state index in [-0.39, 0.29) is 21.6 Å². The van der Waals surface area contributed by atoms with Crippen molar-refractivity contribution in [1.82, 2.24) is 9.29 Å². The van der Waals surface area contributed by atoms with Crippen molar-refractivity contribution in [3.05, 3.63) is 78.0 Å². The maximum absolute atomic E-state index is 13.7. The molecule has 2 aromatic carbocycles. The lowest BCUT2D eigenvalue weighted by Gasteiger charge is -2.30. The van der Waals surface area contributed by atoms with Crippen molar-refractivity contribution in [2.24, 2.45) is 5.10 Å². The number of halogens is 1. The smallest absolute Gasteiger partial charge is 0.280 e. The van der Waals surface area contributed by atoms with Crippen LogP contribution in [0.15, 0.2) is 75.3 Å². The third kappa shape index (κ3) is 5.34. The number of fused-ring (bicyclic) bond motifs is 1. The van der Waals surface area contributed by atoms with Crippen LogP contribution >= 0.6 is 11.3 Å². The molecule has 5 rings (SSSR count). The zero-order chi connectivity index (χ0) is 26.0. The van der Waals surface area contributed by atoms with Crippen molar-refractivity contribution in [2.75, 3.05) is 12.1 Å². The van der Waals surface area contributed by atoms with Crippen LogP contribution in [-0.4, -0.2) is 42.9 Å². The molecule has 37 heavy (non-hydrogen) atoms. The van der Waals surface area contributed by atoms with E-state index in [1.54, 1.807) is 19.2 Å². The predicted molar refractivity (Wildman–Crippen MR) is 141 cm³/mol. The molecule has 0 N–H and O–H groups in total. The quantitative estimate of drug-likeness (QED) is 0.223. The number of hydrogen-bond donors (Lipinski definition) is 0. The van der Waals surface area contributed by atoms with Crippen molar-refractivity contribution in [2.45, 2.75) is 43.0 Å². The maximum Gasteiger partial charge on any atom is 0.280 e. The molecule has 1 amide bonds. The summed E-state index contributed by atoms with van der Waals surface area (Å²) in [5.74, 6) is -0.501. The number of sulfonamides is 1. The lowest BCUT2D eigenvalue weighted by molar-refractivity contribution is 0.0987. The van der Waals surface area contributed by atoms with Gasteiger partial charge >= 0.3 is 0 Å². The van der Waals surface area contributed by atoms with Gasteiger partial charge in [-0.25, -0.2) is 17.8 Å². The van der Waals surface area contributed by atoms with Crippen molar-refractivity contribution in [1.29, 1.82) is 0 Å². The minimum atomic E-state index is -3.69. The molecule has 0 aliphatic heterocycles. The molecule has 4 aromatic rings. The Morgan fingerprint density at radius 3 is 2.59 bits per heavy atom. The van der Waals surface area contributed by atoms with Gasteiger partial charge in [0.05, 0.1) is 27.6 Å². The molecular weight excluding hydrogens is 515 g/mol. The molecule has 0 bridgehead atoms. The fourth-order valence-corrected chi connectivity index (χ4v) is 6.71. The SMILES string of the molecule is CN(C1CCCCC1)S(=O)(=O)c1ccc(C(=O)N(/N=C/c2ccco2)c2nc3ccc(F)cc3s2)cc1. The van der Waals surface area contributed by atoms with Gasteiger partial charge in [0.25, 0.3) is 5.91 Å². The first-order valence-corrected chi connectivity index (χ1v) is 14.1. The number of thiazole rings is 1. The van der Waals surface area contributed by atoms with E-state index in [0.717, 1.165) is 48.4 Å². The number of amides is 1. The summed E-state index contributed by atoms with van der Waals surface area (Å²) >= 11 is 1.11. The highest BCUT2D eigenvalue weighted by Crippen LogP contribution is 2.31. The summed E-state index contributed by atoms with van der Waals surface area (Å²) in [6.07, 6.45) is 7.72. The van der Waals surface area contributed by atoms with Crippen LogP contribution in [0.5, 0.6) is 0 Å². The average Bonchev–Trinajstić information content (AvgIpc) is 3.58. The molecule has 2 aromatic heterocycles. The molecule has 0 saturated heterocycles. The third-order valence-electron chi connectivity index (χ3n) is 6.42. The second-order valence-electron chi connectivity index (χ2n) is 8.82. The number of rotatable bonds is 7. The van der Waals surface area contributed by atoms with E-state index in [0.29, 0.717) is 16.0 Å². The monoisotopic (exact) mass is 540 g/mol. The van der Waals surface area contributed by atoms with Gasteiger partial charge in [-0.05, 0) is 67.4 Å². The lowest BCUT2D eigenvalue weighted by Crippen LogP contribution is -2.38. The highest BCUT2D eigenvalue weighted by molar-refractivity contribution is 7.89. The molecule has 11 heteroatoms. The molecule has 0 radical (unpaired) electrons. The first-order chi connectivity index (χ1) is 17.8. The van der Waals surface area contributed by atoms with Crippen LogP contribution in [0, 0.1) is 5.82 Å². The average molecular weight is 541 g/mol. The number of furan rings is 1. The fraction of sp³-hybridized carbons (Fsp3) is 0.269. The number of nitrogens with zero attached hydrogens (tertiary/aromatic N) is 4. The lowest BCUT2D eigenvalue weighted by atomic mass is 9.96. The summed E-state index contributed by atoms with van der Waals surface area (Å²) in [5, 5.41) is 5.62. The summed E-state index contributed by atoms with van der Waals surface area (Å²) < 4.78 is 47.4. The number of benzene rings is 2. The number of hydrazone groups is 1. The molecule has 1 fully saturated rings. The topological polar surface area (TPSA) is 96.1 Å². The summed E-state index contributed by atoms with van der Waals surface area (Å²) in [7, 11) is -2.08. The van der Waals surface area contributed by atoms with Gasteiger partial charge < -0.3 is 4.42 Å². The van der Waals surface area contributed by atoms with E-state index in [2.05, 4.69) is 10.1 Å². The molecule has 0 spiro atoms. The van der Waals surface area contributed by atoms with Crippen LogP contribution in [0.25, 0.3) is 10.2 Å². The maximum atomic E-state index is 13.7. The first-order valence-electron chi connectivity index (χ1n) is 11.9. The van der Waals surface area contributed by atoms with Crippen molar-refractivity contribution in [3.63, 3.8) is 0 Å². The van der Waals surface area contributed by atoms with Gasteiger partial charge in [-0.15, -0.1) is 0 Å². The van der Waals surface area contributed by atoms with E-state index in [9.17, 15) is 17.6 Å². The predicted octanol–water partition coefficient (Wildman–Crippen LogP) is 5.66. The Labute approximate surface area is 218 Å². The van der Waals surface area contributed by atoms with Crippen molar-refractivity contribution < 1.29 is 22.0 Å². The standard InChI is InChI=1S/C26H25FN4O4S2/c1-30(20-6-3-2-4-7-20)37(33,34)22-12-9-18(10-13-22)25(32)31(28-17-21-8-5-15-35-21)26-29-23-14-11-19(27)16-24(23)36-26/h5,8-17,20H,2-4,6-7H2,1H3/b28-17+. The normalized spacial score (nSPS) is 15.1. The number of aromatic nitrogens is 1. The van der Waals surface area contributed by atoms with Crippen LogP contribution in [-0.2, 0) is 10.0 Å².